The molecule has 0 saturated carbocycles. The minimum atomic E-state index is 0.0222. The molecule has 4 rings (SSSR count). The molecule has 7 nitrogen and oxygen atoms in total. The number of para-hydroxylation sites is 1. The maximum atomic E-state index is 12.4. The molecule has 1 aromatic carbocycles. The lowest BCUT2D eigenvalue weighted by molar-refractivity contribution is -0.122. The average Bonchev–Trinajstić information content (AvgIpc) is 2.75. The molecule has 0 unspecified atom stereocenters. The van der Waals surface area contributed by atoms with Crippen LogP contribution in [0.4, 0.5) is 5.95 Å². The normalized spacial score (nSPS) is 18.8. The number of piperidine rings is 1. The average molecular weight is 396 g/mol. The lowest BCUT2D eigenvalue weighted by atomic mass is 10.1. The first kappa shape index (κ1) is 19.6. The molecular weight excluding hydrogens is 368 g/mol. The van der Waals surface area contributed by atoms with Gasteiger partial charge in [0.15, 0.2) is 0 Å². The lowest BCUT2D eigenvalue weighted by Gasteiger charge is -2.33. The Kier molecular flexibility index (Phi) is 6.24. The van der Waals surface area contributed by atoms with E-state index in [9.17, 15) is 4.79 Å². The summed E-state index contributed by atoms with van der Waals surface area (Å²) in [7, 11) is 0. The third-order valence-corrected chi connectivity index (χ3v) is 5.43. The summed E-state index contributed by atoms with van der Waals surface area (Å²) < 4.78 is 11.2. The Morgan fingerprint density at radius 3 is 3.17 bits per heavy atom. The third-order valence-electron chi connectivity index (χ3n) is 5.43. The number of aryl methyl sites for hydroxylation is 1. The molecule has 1 atom stereocenters. The number of hydrogen-bond acceptors (Lipinski definition) is 6. The maximum absolute atomic E-state index is 12.4. The van der Waals surface area contributed by atoms with Crippen LogP contribution in [0.25, 0.3) is 0 Å². The molecule has 1 fully saturated rings. The molecule has 1 N–H and O–H groups in total. The van der Waals surface area contributed by atoms with E-state index in [0.717, 1.165) is 60.9 Å². The number of nitrogens with zero attached hydrogens (tertiary/aromatic N) is 3. The van der Waals surface area contributed by atoms with Gasteiger partial charge in [0.1, 0.15) is 5.75 Å². The van der Waals surface area contributed by atoms with Crippen LogP contribution in [0, 0.1) is 6.92 Å². The van der Waals surface area contributed by atoms with Crippen LogP contribution in [0.3, 0.4) is 0 Å². The first-order valence-electron chi connectivity index (χ1n) is 10.3. The predicted octanol–water partition coefficient (Wildman–Crippen LogP) is 2.41. The van der Waals surface area contributed by atoms with E-state index in [1.165, 1.54) is 0 Å². The standard InChI is InChI=1S/C22H28N4O3/c1-16-5-2-3-7-20(16)29-12-9-21(27)24-18-6-4-10-26(14-18)22-23-13-17-15-28-11-8-19(17)25-22/h2-3,5,7,13,18H,4,6,8-12,14-15H2,1H3,(H,24,27)/t18-/m1/s1. The van der Waals surface area contributed by atoms with Gasteiger partial charge in [-0.15, -0.1) is 0 Å². The van der Waals surface area contributed by atoms with Crippen LogP contribution in [0.5, 0.6) is 5.75 Å². The Labute approximate surface area is 171 Å². The molecule has 2 aliphatic heterocycles. The van der Waals surface area contributed by atoms with Crippen molar-refractivity contribution in [1.29, 1.82) is 0 Å². The third kappa shape index (κ3) is 5.03. The van der Waals surface area contributed by atoms with Gasteiger partial charge in [-0.25, -0.2) is 9.97 Å². The van der Waals surface area contributed by atoms with Crippen LogP contribution in [0.15, 0.2) is 30.5 Å². The van der Waals surface area contributed by atoms with Gasteiger partial charge >= 0.3 is 0 Å². The summed E-state index contributed by atoms with van der Waals surface area (Å²) in [6.45, 7) is 5.34. The summed E-state index contributed by atoms with van der Waals surface area (Å²) in [5, 5.41) is 3.15. The quantitative estimate of drug-likeness (QED) is 0.808. The highest BCUT2D eigenvalue weighted by atomic mass is 16.5. The van der Waals surface area contributed by atoms with Crippen LogP contribution in [-0.2, 0) is 22.6 Å². The number of nitrogens with one attached hydrogen (secondary N) is 1. The maximum Gasteiger partial charge on any atom is 0.225 e. The topological polar surface area (TPSA) is 76.6 Å². The second kappa shape index (κ2) is 9.22. The van der Waals surface area contributed by atoms with Crippen molar-refractivity contribution in [2.45, 2.75) is 45.3 Å². The molecular formula is C22H28N4O3. The van der Waals surface area contributed by atoms with Crippen LogP contribution < -0.4 is 15.0 Å². The summed E-state index contributed by atoms with van der Waals surface area (Å²) in [5.41, 5.74) is 3.24. The Morgan fingerprint density at radius 1 is 1.38 bits per heavy atom. The van der Waals surface area contributed by atoms with Gasteiger partial charge in [-0.1, -0.05) is 18.2 Å². The van der Waals surface area contributed by atoms with Gasteiger partial charge < -0.3 is 19.7 Å². The van der Waals surface area contributed by atoms with Gasteiger partial charge in [-0.3, -0.25) is 4.79 Å². The van der Waals surface area contributed by atoms with Crippen molar-refractivity contribution < 1.29 is 14.3 Å². The van der Waals surface area contributed by atoms with Gasteiger partial charge in [0.2, 0.25) is 11.9 Å². The van der Waals surface area contributed by atoms with Crippen molar-refractivity contribution in [3.05, 3.63) is 47.3 Å². The molecule has 2 aliphatic rings. The Hall–Kier alpha value is -2.67. The van der Waals surface area contributed by atoms with Crippen LogP contribution in [0.1, 0.15) is 36.1 Å². The van der Waals surface area contributed by atoms with Crippen molar-refractivity contribution >= 4 is 11.9 Å². The highest BCUT2D eigenvalue weighted by Crippen LogP contribution is 2.20. The number of aromatic nitrogens is 2. The molecule has 1 aromatic heterocycles. The van der Waals surface area contributed by atoms with Crippen LogP contribution in [0.2, 0.25) is 0 Å². The van der Waals surface area contributed by atoms with E-state index in [0.29, 0.717) is 26.2 Å². The highest BCUT2D eigenvalue weighted by molar-refractivity contribution is 5.76. The zero-order valence-corrected chi connectivity index (χ0v) is 16.9. The molecule has 0 aliphatic carbocycles. The van der Waals surface area contributed by atoms with Crippen molar-refractivity contribution in [1.82, 2.24) is 15.3 Å². The van der Waals surface area contributed by atoms with Crippen molar-refractivity contribution in [3.8, 4) is 5.75 Å². The number of carbonyl (C=O) groups is 1. The minimum absolute atomic E-state index is 0.0222. The van der Waals surface area contributed by atoms with E-state index in [2.05, 4.69) is 15.2 Å². The Morgan fingerprint density at radius 2 is 2.28 bits per heavy atom. The Bertz CT molecular complexity index is 858. The summed E-state index contributed by atoms with van der Waals surface area (Å²) in [5.74, 6) is 1.61. The second-order valence-electron chi connectivity index (χ2n) is 7.66. The highest BCUT2D eigenvalue weighted by Gasteiger charge is 2.24. The van der Waals surface area contributed by atoms with E-state index in [1.807, 2.05) is 37.4 Å². The molecule has 0 spiro atoms. The molecule has 29 heavy (non-hydrogen) atoms. The van der Waals surface area contributed by atoms with Crippen LogP contribution >= 0.6 is 0 Å². The fourth-order valence-electron chi connectivity index (χ4n) is 3.82. The smallest absolute Gasteiger partial charge is 0.225 e. The van der Waals surface area contributed by atoms with Crippen LogP contribution in [-0.4, -0.2) is 48.2 Å². The summed E-state index contributed by atoms with van der Waals surface area (Å²) >= 11 is 0. The largest absolute Gasteiger partial charge is 0.493 e. The number of amides is 1. The van der Waals surface area contributed by atoms with Gasteiger partial charge in [0.05, 0.1) is 31.9 Å². The summed E-state index contributed by atoms with van der Waals surface area (Å²) in [4.78, 5) is 23.8. The SMILES string of the molecule is Cc1ccccc1OCCC(=O)N[C@@H]1CCCN(c2ncc3c(n2)CCOC3)C1. The van der Waals surface area contributed by atoms with E-state index in [1.54, 1.807) is 0 Å². The molecule has 1 amide bonds. The number of benzene rings is 1. The predicted molar refractivity (Wildman–Crippen MR) is 110 cm³/mol. The van der Waals surface area contributed by atoms with E-state index in [-0.39, 0.29) is 11.9 Å². The van der Waals surface area contributed by atoms with Crippen molar-refractivity contribution in [2.24, 2.45) is 0 Å². The summed E-state index contributed by atoms with van der Waals surface area (Å²) in [6.07, 6.45) is 5.04. The van der Waals surface area contributed by atoms with Crippen molar-refractivity contribution in [2.75, 3.05) is 31.2 Å². The first-order chi connectivity index (χ1) is 14.2. The number of rotatable bonds is 6. The lowest BCUT2D eigenvalue weighted by Crippen LogP contribution is -2.48. The van der Waals surface area contributed by atoms with E-state index >= 15 is 0 Å². The monoisotopic (exact) mass is 396 g/mol. The number of carbonyl (C=O) groups excluding carboxylic acids is 1. The molecule has 0 bridgehead atoms. The number of ether oxygens (including phenoxy) is 2. The van der Waals surface area contributed by atoms with Gasteiger partial charge in [0.25, 0.3) is 0 Å². The number of anilines is 1. The molecule has 3 heterocycles. The number of hydrogen-bond donors (Lipinski definition) is 1. The Balaban J connectivity index is 1.27. The zero-order chi connectivity index (χ0) is 20.1. The fourth-order valence-corrected chi connectivity index (χ4v) is 3.82. The van der Waals surface area contributed by atoms with E-state index < -0.39 is 0 Å². The molecule has 154 valence electrons. The first-order valence-corrected chi connectivity index (χ1v) is 10.3. The summed E-state index contributed by atoms with van der Waals surface area (Å²) in [6, 6.07) is 7.95. The van der Waals surface area contributed by atoms with Crippen molar-refractivity contribution in [3.63, 3.8) is 0 Å². The molecule has 0 radical (unpaired) electrons. The zero-order valence-electron chi connectivity index (χ0n) is 16.9. The molecule has 2 aromatic rings. The van der Waals surface area contributed by atoms with E-state index in [4.69, 9.17) is 14.5 Å². The molecule has 7 heteroatoms. The van der Waals surface area contributed by atoms with Gasteiger partial charge in [-0.05, 0) is 31.4 Å². The van der Waals surface area contributed by atoms with Gasteiger partial charge in [0, 0.05) is 37.3 Å². The molecule has 1 saturated heterocycles. The fraction of sp³-hybridized carbons (Fsp3) is 0.500. The minimum Gasteiger partial charge on any atom is -0.493 e. The van der Waals surface area contributed by atoms with Gasteiger partial charge in [-0.2, -0.15) is 0 Å². The second-order valence-corrected chi connectivity index (χ2v) is 7.66. The number of fused-ring (bicyclic) bond motifs is 1.